The number of amides is 1. The van der Waals surface area contributed by atoms with Gasteiger partial charge in [-0.2, -0.15) is 0 Å². The van der Waals surface area contributed by atoms with Gasteiger partial charge in [0, 0.05) is 43.5 Å². The molecule has 0 saturated carbocycles. The Bertz CT molecular complexity index is 1510. The highest BCUT2D eigenvalue weighted by Gasteiger charge is 2.31. The number of hydrogen-bond acceptors (Lipinski definition) is 6. The van der Waals surface area contributed by atoms with Gasteiger partial charge in [0.05, 0.1) is 12.5 Å². The number of nitrogens with one attached hydrogen (secondary N) is 1. The van der Waals surface area contributed by atoms with E-state index in [2.05, 4.69) is 58.1 Å². The number of anilines is 1. The van der Waals surface area contributed by atoms with E-state index in [9.17, 15) is 18.0 Å². The molecule has 1 amide bonds. The molecule has 11 heteroatoms. The molecular weight excluding hydrogens is 545 g/mol. The molecule has 1 saturated heterocycles. The minimum atomic E-state index is -4.76. The number of piperazine rings is 1. The van der Waals surface area contributed by atoms with Crippen molar-refractivity contribution in [1.29, 1.82) is 0 Å². The number of nitrogens with two attached hydrogens (primary N) is 1. The summed E-state index contributed by atoms with van der Waals surface area (Å²) in [5.74, 6) is -0.840. The second-order valence-corrected chi connectivity index (χ2v) is 11.1. The number of ether oxygens (including phenoxy) is 1. The number of fused-ring (bicyclic) bond motifs is 1. The molecular formula is C31H35F3N6O2. The van der Waals surface area contributed by atoms with Gasteiger partial charge in [0.15, 0.2) is 5.65 Å². The normalized spacial score (nSPS) is 19.0. The molecule has 0 radical (unpaired) electrons. The van der Waals surface area contributed by atoms with E-state index in [1.165, 1.54) is 12.1 Å². The average Bonchev–Trinajstić information content (AvgIpc) is 3.28. The van der Waals surface area contributed by atoms with Gasteiger partial charge >= 0.3 is 6.36 Å². The summed E-state index contributed by atoms with van der Waals surface area (Å²) in [6, 6.07) is 18.4. The van der Waals surface area contributed by atoms with Gasteiger partial charge in [0.25, 0.3) is 0 Å². The number of halogens is 3. The Morgan fingerprint density at radius 3 is 2.36 bits per heavy atom. The van der Waals surface area contributed by atoms with Crippen LogP contribution in [0.3, 0.4) is 0 Å². The molecule has 3 heterocycles. The molecule has 3 N–H and O–H groups in total. The Labute approximate surface area is 242 Å². The number of rotatable bonds is 9. The van der Waals surface area contributed by atoms with E-state index in [1.54, 1.807) is 24.4 Å². The number of alkyl halides is 3. The Hall–Kier alpha value is -4.12. The molecule has 8 nitrogen and oxygen atoms in total. The van der Waals surface area contributed by atoms with Crippen LogP contribution >= 0.6 is 0 Å². The molecule has 1 aliphatic heterocycles. The lowest BCUT2D eigenvalue weighted by Crippen LogP contribution is -2.54. The van der Waals surface area contributed by atoms with E-state index in [0.717, 1.165) is 29.9 Å². The number of pyridine rings is 1. The molecule has 222 valence electrons. The van der Waals surface area contributed by atoms with Crippen molar-refractivity contribution in [1.82, 2.24) is 19.9 Å². The topological polar surface area (TPSA) is 98.3 Å². The van der Waals surface area contributed by atoms with Crippen LogP contribution in [0.4, 0.5) is 18.9 Å². The molecule has 42 heavy (non-hydrogen) atoms. The summed E-state index contributed by atoms with van der Waals surface area (Å²) in [4.78, 5) is 24.4. The summed E-state index contributed by atoms with van der Waals surface area (Å²) >= 11 is 0. The van der Waals surface area contributed by atoms with Crippen molar-refractivity contribution in [3.05, 3.63) is 83.8 Å². The number of benzene rings is 2. The van der Waals surface area contributed by atoms with Crippen molar-refractivity contribution >= 4 is 22.8 Å². The summed E-state index contributed by atoms with van der Waals surface area (Å²) in [5, 5.41) is 3.55. The second-order valence-electron chi connectivity index (χ2n) is 11.1. The van der Waals surface area contributed by atoms with Crippen LogP contribution in [0.25, 0.3) is 11.2 Å². The zero-order valence-corrected chi connectivity index (χ0v) is 23.8. The number of nitrogens with zero attached hydrogens (tertiary/aromatic N) is 4. The van der Waals surface area contributed by atoms with Gasteiger partial charge in [-0.3, -0.25) is 4.79 Å². The van der Waals surface area contributed by atoms with Crippen LogP contribution in [0.15, 0.2) is 66.9 Å². The third-order valence-corrected chi connectivity index (χ3v) is 7.79. The van der Waals surface area contributed by atoms with Gasteiger partial charge in [0.1, 0.15) is 17.1 Å². The van der Waals surface area contributed by atoms with Crippen LogP contribution in [-0.2, 0) is 17.8 Å². The van der Waals surface area contributed by atoms with Crippen molar-refractivity contribution in [2.75, 3.05) is 18.0 Å². The fraction of sp³-hybridized carbons (Fsp3) is 0.387. The maximum atomic E-state index is 12.8. The van der Waals surface area contributed by atoms with Crippen LogP contribution < -0.4 is 20.7 Å². The fourth-order valence-corrected chi connectivity index (χ4v) is 5.79. The Morgan fingerprint density at radius 2 is 1.74 bits per heavy atom. The van der Waals surface area contributed by atoms with Crippen molar-refractivity contribution in [2.45, 2.75) is 58.1 Å². The fourth-order valence-electron chi connectivity index (χ4n) is 5.79. The molecule has 0 spiro atoms. The maximum Gasteiger partial charge on any atom is 0.573 e. The minimum Gasteiger partial charge on any atom is -0.406 e. The van der Waals surface area contributed by atoms with Gasteiger partial charge in [0.2, 0.25) is 5.91 Å². The van der Waals surface area contributed by atoms with Crippen molar-refractivity contribution in [3.8, 4) is 5.75 Å². The molecule has 4 aromatic rings. The molecule has 0 aliphatic carbocycles. The Kier molecular flexibility index (Phi) is 8.40. The summed E-state index contributed by atoms with van der Waals surface area (Å²) in [5.41, 5.74) is 10.1. The number of aromatic nitrogens is 3. The molecule has 1 unspecified atom stereocenters. The smallest absolute Gasteiger partial charge is 0.406 e. The monoisotopic (exact) mass is 580 g/mol. The summed E-state index contributed by atoms with van der Waals surface area (Å²) in [6.45, 7) is 8.49. The van der Waals surface area contributed by atoms with Gasteiger partial charge in [-0.1, -0.05) is 31.2 Å². The zero-order chi connectivity index (χ0) is 30.0. The van der Waals surface area contributed by atoms with E-state index in [1.807, 2.05) is 17.6 Å². The number of carbonyl (C=O) groups excluding carboxylic acids is 1. The third-order valence-electron chi connectivity index (χ3n) is 7.79. The predicted octanol–water partition coefficient (Wildman–Crippen LogP) is 5.01. The predicted molar refractivity (Wildman–Crippen MR) is 155 cm³/mol. The maximum absolute atomic E-state index is 12.8. The molecule has 1 fully saturated rings. The van der Waals surface area contributed by atoms with Gasteiger partial charge in [-0.05, 0) is 67.3 Å². The first kappa shape index (κ1) is 29.4. The summed E-state index contributed by atoms with van der Waals surface area (Å²) < 4.78 is 43.7. The van der Waals surface area contributed by atoms with Crippen LogP contribution in [0.5, 0.6) is 5.75 Å². The van der Waals surface area contributed by atoms with E-state index in [0.29, 0.717) is 35.6 Å². The highest BCUT2D eigenvalue weighted by Crippen LogP contribution is 2.31. The lowest BCUT2D eigenvalue weighted by atomic mass is 9.84. The number of hydrogen-bond donors (Lipinski definition) is 2. The first-order valence-electron chi connectivity index (χ1n) is 14.0. The summed E-state index contributed by atoms with van der Waals surface area (Å²) in [7, 11) is 0. The number of carbonyl (C=O) groups is 1. The van der Waals surface area contributed by atoms with Gasteiger partial charge < -0.3 is 25.3 Å². The van der Waals surface area contributed by atoms with Crippen molar-refractivity contribution in [3.63, 3.8) is 0 Å². The van der Waals surface area contributed by atoms with E-state index >= 15 is 0 Å². The van der Waals surface area contributed by atoms with Gasteiger partial charge in [-0.25, -0.2) is 9.97 Å². The summed E-state index contributed by atoms with van der Waals surface area (Å²) in [6.07, 6.45) is -2.83. The third kappa shape index (κ3) is 6.84. The molecule has 0 bridgehead atoms. The SMILES string of the molecule is C[C@@H]1CN(c2ccc([C@@H](C)C(Cc3nc4cccnc4n3Cc3ccc(OC(F)(F)F)cc3)C(N)=O)cc2)C[C@H](C)N1. The first-order valence-corrected chi connectivity index (χ1v) is 14.0. The van der Waals surface area contributed by atoms with E-state index in [-0.39, 0.29) is 18.1 Å². The molecule has 2 aromatic heterocycles. The minimum absolute atomic E-state index is 0.183. The Balaban J connectivity index is 1.38. The van der Waals surface area contributed by atoms with Crippen molar-refractivity contribution in [2.24, 2.45) is 11.7 Å². The van der Waals surface area contributed by atoms with Crippen LogP contribution in [-0.4, -0.2) is 52.0 Å². The quantitative estimate of drug-likeness (QED) is 0.289. The molecule has 4 atom stereocenters. The van der Waals surface area contributed by atoms with E-state index < -0.39 is 18.2 Å². The number of imidazole rings is 1. The zero-order valence-electron chi connectivity index (χ0n) is 23.8. The van der Waals surface area contributed by atoms with Crippen LogP contribution in [0.1, 0.15) is 43.6 Å². The van der Waals surface area contributed by atoms with Gasteiger partial charge in [-0.15, -0.1) is 13.2 Å². The second kappa shape index (κ2) is 12.0. The molecule has 2 aromatic carbocycles. The van der Waals surface area contributed by atoms with Crippen LogP contribution in [0.2, 0.25) is 0 Å². The average molecular weight is 581 g/mol. The van der Waals surface area contributed by atoms with Crippen molar-refractivity contribution < 1.29 is 22.7 Å². The van der Waals surface area contributed by atoms with Crippen LogP contribution in [0, 0.1) is 5.92 Å². The molecule has 5 rings (SSSR count). The number of primary amides is 1. The lowest BCUT2D eigenvalue weighted by Gasteiger charge is -2.37. The first-order chi connectivity index (χ1) is 20.0. The Morgan fingerprint density at radius 1 is 1.07 bits per heavy atom. The largest absolute Gasteiger partial charge is 0.573 e. The van der Waals surface area contributed by atoms with E-state index in [4.69, 9.17) is 10.7 Å². The highest BCUT2D eigenvalue weighted by atomic mass is 19.4. The standard InChI is InChI=1S/C31H35F3N6O2/c1-19-16-39(17-20(2)37-19)24-10-8-23(9-11-24)21(3)26(29(35)41)15-28-38-27-5-4-14-36-30(27)40(28)18-22-6-12-25(13-7-22)42-31(32,33)34/h4-14,19-21,26,37H,15-18H2,1-3H3,(H2,35,41)/t19-,20+,21-,26?/m1/s1. The lowest BCUT2D eigenvalue weighted by molar-refractivity contribution is -0.274. The molecule has 1 aliphatic rings. The highest BCUT2D eigenvalue weighted by molar-refractivity contribution is 5.78.